The first-order chi connectivity index (χ1) is 18.0. The van der Waals surface area contributed by atoms with Crippen LogP contribution in [0.2, 0.25) is 0 Å². The van der Waals surface area contributed by atoms with Crippen molar-refractivity contribution >= 4 is 5.97 Å². The van der Waals surface area contributed by atoms with E-state index in [-0.39, 0.29) is 11.9 Å². The summed E-state index contributed by atoms with van der Waals surface area (Å²) >= 11 is 0. The molecule has 5 heteroatoms. The fourth-order valence-corrected chi connectivity index (χ4v) is 6.91. The third kappa shape index (κ3) is 7.00. The number of nitrogens with zero attached hydrogens (tertiary/aromatic N) is 2. The number of hydrogen-bond donors (Lipinski definition) is 1. The number of hydrogen-bond acceptors (Lipinski definition) is 3. The molecule has 0 aromatic heterocycles. The summed E-state index contributed by atoms with van der Waals surface area (Å²) in [5, 5.41) is 10.1. The lowest BCUT2D eigenvalue weighted by molar-refractivity contribution is -0.144. The highest BCUT2D eigenvalue weighted by molar-refractivity contribution is 5.73. The van der Waals surface area contributed by atoms with Crippen molar-refractivity contribution < 1.29 is 14.3 Å². The van der Waals surface area contributed by atoms with Gasteiger partial charge in [-0.1, -0.05) is 68.1 Å². The van der Waals surface area contributed by atoms with Gasteiger partial charge >= 0.3 is 5.97 Å². The van der Waals surface area contributed by atoms with Crippen LogP contribution in [0.5, 0.6) is 0 Å². The topological polar surface area (TPSA) is 43.8 Å². The van der Waals surface area contributed by atoms with E-state index < -0.39 is 5.97 Å². The largest absolute Gasteiger partial charge is 0.480 e. The Kier molecular flexibility index (Phi) is 8.93. The molecule has 2 aliphatic heterocycles. The summed E-state index contributed by atoms with van der Waals surface area (Å²) in [4.78, 5) is 17.2. The van der Waals surface area contributed by atoms with Crippen LogP contribution in [0.1, 0.15) is 68.4 Å². The van der Waals surface area contributed by atoms with Gasteiger partial charge in [0.15, 0.2) is 0 Å². The molecule has 2 aromatic carbocycles. The Bertz CT molecular complexity index is 986. The molecule has 1 N–H and O–H groups in total. The fourth-order valence-electron chi connectivity index (χ4n) is 6.91. The van der Waals surface area contributed by atoms with E-state index >= 15 is 0 Å². The number of benzene rings is 2. The molecule has 2 heterocycles. The number of aliphatic carboxylic acids is 1. The van der Waals surface area contributed by atoms with Gasteiger partial charge in [-0.05, 0) is 86.2 Å². The van der Waals surface area contributed by atoms with Crippen molar-refractivity contribution in [2.45, 2.75) is 69.7 Å². The number of piperidine rings is 1. The fraction of sp³-hybridized carbons (Fsp3) is 0.594. The van der Waals surface area contributed by atoms with Gasteiger partial charge < -0.3 is 10.0 Å². The van der Waals surface area contributed by atoms with Crippen molar-refractivity contribution in [3.8, 4) is 0 Å². The van der Waals surface area contributed by atoms with Gasteiger partial charge in [0.1, 0.15) is 11.9 Å². The number of halogens is 1. The number of likely N-dealkylation sites (tertiary alicyclic amines) is 2. The normalized spacial score (nSPS) is 24.7. The first kappa shape index (κ1) is 26.4. The molecule has 4 nitrogen and oxygen atoms in total. The van der Waals surface area contributed by atoms with Crippen molar-refractivity contribution in [3.63, 3.8) is 0 Å². The summed E-state index contributed by atoms with van der Waals surface area (Å²) in [6.45, 7) is 5.10. The van der Waals surface area contributed by atoms with Gasteiger partial charge in [0.2, 0.25) is 0 Å². The predicted octanol–water partition coefficient (Wildman–Crippen LogP) is 6.22. The van der Waals surface area contributed by atoms with E-state index in [2.05, 4.69) is 40.1 Å². The van der Waals surface area contributed by atoms with Gasteiger partial charge in [-0.15, -0.1) is 0 Å². The summed E-state index contributed by atoms with van der Waals surface area (Å²) in [6, 6.07) is 17.4. The molecule has 0 bridgehead atoms. The maximum Gasteiger partial charge on any atom is 0.320 e. The molecule has 1 saturated carbocycles. The highest BCUT2D eigenvalue weighted by Gasteiger charge is 2.41. The van der Waals surface area contributed by atoms with Crippen LogP contribution in [0.25, 0.3) is 0 Å². The Hall–Kier alpha value is -2.24. The van der Waals surface area contributed by atoms with Gasteiger partial charge in [0.05, 0.1) is 0 Å². The Balaban J connectivity index is 1.14. The van der Waals surface area contributed by atoms with Gasteiger partial charge in [0, 0.05) is 25.6 Å². The average molecular weight is 507 g/mol. The quantitative estimate of drug-likeness (QED) is 0.393. The smallest absolute Gasteiger partial charge is 0.320 e. The average Bonchev–Trinajstić information content (AvgIpc) is 3.29. The first-order valence-electron chi connectivity index (χ1n) is 14.5. The van der Waals surface area contributed by atoms with Crippen LogP contribution in [-0.4, -0.2) is 59.6 Å². The van der Waals surface area contributed by atoms with E-state index in [1.54, 1.807) is 12.1 Å². The molecule has 2 aromatic rings. The molecule has 37 heavy (non-hydrogen) atoms. The molecule has 200 valence electrons. The molecule has 5 rings (SSSR count). The van der Waals surface area contributed by atoms with Crippen molar-refractivity contribution in [3.05, 3.63) is 71.5 Å². The van der Waals surface area contributed by atoms with Gasteiger partial charge in [-0.25, -0.2) is 4.39 Å². The number of rotatable bonds is 11. The molecule has 2 saturated heterocycles. The Morgan fingerprint density at radius 2 is 1.68 bits per heavy atom. The molecule has 0 amide bonds. The molecule has 3 aliphatic rings. The van der Waals surface area contributed by atoms with Crippen LogP contribution in [0, 0.1) is 23.6 Å². The molecular weight excluding hydrogens is 463 g/mol. The van der Waals surface area contributed by atoms with Gasteiger partial charge in [0.25, 0.3) is 0 Å². The maximum absolute atomic E-state index is 13.1. The van der Waals surface area contributed by atoms with E-state index in [4.69, 9.17) is 0 Å². The molecule has 3 atom stereocenters. The number of aryl methyl sites for hydroxylation is 1. The van der Waals surface area contributed by atoms with E-state index in [9.17, 15) is 14.3 Å². The Morgan fingerprint density at radius 1 is 0.946 bits per heavy atom. The third-order valence-corrected chi connectivity index (χ3v) is 9.40. The molecule has 0 spiro atoms. The highest BCUT2D eigenvalue weighted by atomic mass is 19.1. The SMILES string of the molecule is O=C(O)C(CC1CCC1)N1CC(CN2CCC(CCCc3ccc(F)cc3)CC2)C(c2ccccc2)C1. The molecule has 0 radical (unpaired) electrons. The number of carboxylic acid groups (broad SMARTS) is 1. The van der Waals surface area contributed by atoms with Crippen molar-refractivity contribution in [1.29, 1.82) is 0 Å². The predicted molar refractivity (Wildman–Crippen MR) is 146 cm³/mol. The zero-order chi connectivity index (χ0) is 25.6. The van der Waals surface area contributed by atoms with E-state index in [1.807, 2.05) is 12.1 Å². The third-order valence-electron chi connectivity index (χ3n) is 9.40. The minimum absolute atomic E-state index is 0.159. The summed E-state index contributed by atoms with van der Waals surface area (Å²) in [5.74, 6) is 1.45. The zero-order valence-corrected chi connectivity index (χ0v) is 22.1. The molecular formula is C32H43FN2O2. The first-order valence-corrected chi connectivity index (χ1v) is 14.5. The van der Waals surface area contributed by atoms with Crippen molar-refractivity contribution in [1.82, 2.24) is 9.80 Å². The Labute approximate surface area is 221 Å². The van der Waals surface area contributed by atoms with Crippen LogP contribution in [0.15, 0.2) is 54.6 Å². The van der Waals surface area contributed by atoms with Crippen LogP contribution >= 0.6 is 0 Å². The van der Waals surface area contributed by atoms with Crippen LogP contribution in [0.3, 0.4) is 0 Å². The lowest BCUT2D eigenvalue weighted by Gasteiger charge is -2.35. The van der Waals surface area contributed by atoms with Crippen molar-refractivity contribution in [2.75, 3.05) is 32.7 Å². The summed E-state index contributed by atoms with van der Waals surface area (Å²) in [7, 11) is 0. The van der Waals surface area contributed by atoms with Crippen molar-refractivity contribution in [2.24, 2.45) is 17.8 Å². The summed E-state index contributed by atoms with van der Waals surface area (Å²) in [6.07, 6.45) is 10.4. The zero-order valence-electron chi connectivity index (χ0n) is 22.1. The monoisotopic (exact) mass is 506 g/mol. The lowest BCUT2D eigenvalue weighted by Crippen LogP contribution is -2.43. The van der Waals surface area contributed by atoms with Gasteiger partial charge in [-0.3, -0.25) is 9.69 Å². The molecule has 3 fully saturated rings. The number of carbonyl (C=O) groups is 1. The van der Waals surface area contributed by atoms with Gasteiger partial charge in [-0.2, -0.15) is 0 Å². The second-order valence-corrected chi connectivity index (χ2v) is 11.9. The van der Waals surface area contributed by atoms with Crippen LogP contribution < -0.4 is 0 Å². The van der Waals surface area contributed by atoms with Crippen LogP contribution in [0.4, 0.5) is 4.39 Å². The minimum Gasteiger partial charge on any atom is -0.480 e. The minimum atomic E-state index is -0.638. The highest BCUT2D eigenvalue weighted by Crippen LogP contribution is 2.38. The van der Waals surface area contributed by atoms with E-state index in [0.717, 1.165) is 51.5 Å². The van der Waals surface area contributed by atoms with E-state index in [0.29, 0.717) is 17.8 Å². The second-order valence-electron chi connectivity index (χ2n) is 11.9. The number of carboxylic acids is 1. The Morgan fingerprint density at radius 3 is 2.32 bits per heavy atom. The molecule has 1 aliphatic carbocycles. The second kappa shape index (κ2) is 12.5. The summed E-state index contributed by atoms with van der Waals surface area (Å²) < 4.78 is 13.1. The van der Waals surface area contributed by atoms with Crippen LogP contribution in [-0.2, 0) is 11.2 Å². The lowest BCUT2D eigenvalue weighted by atomic mass is 9.80. The standard InChI is InChI=1S/C32H43FN2O2/c33-29-14-12-24(13-15-29)6-4-7-25-16-18-34(19-17-25)21-28-22-35(23-30(28)27-10-2-1-3-11-27)31(32(36)37)20-26-8-5-9-26/h1-3,10-15,25-26,28,30-31H,4-9,16-23H2,(H,36,37). The maximum atomic E-state index is 13.1. The summed E-state index contributed by atoms with van der Waals surface area (Å²) in [5.41, 5.74) is 2.59. The van der Waals surface area contributed by atoms with E-state index in [1.165, 1.54) is 56.1 Å². The molecule has 3 unspecified atom stereocenters.